The van der Waals surface area contributed by atoms with Crippen molar-refractivity contribution in [2.45, 2.75) is 19.0 Å². The summed E-state index contributed by atoms with van der Waals surface area (Å²) in [6.07, 6.45) is 0. The lowest BCUT2D eigenvalue weighted by molar-refractivity contribution is -0.123. The number of hydrogen-bond acceptors (Lipinski definition) is 3. The molecule has 17 heavy (non-hydrogen) atoms. The van der Waals surface area contributed by atoms with Gasteiger partial charge in [-0.3, -0.25) is 4.79 Å². The van der Waals surface area contributed by atoms with E-state index in [1.54, 1.807) is 0 Å². The number of para-hydroxylation sites is 1. The molecule has 1 aromatic carbocycles. The molecule has 1 saturated heterocycles. The molecule has 1 heterocycles. The van der Waals surface area contributed by atoms with Crippen LogP contribution in [0.25, 0.3) is 0 Å². The number of nitrogens with one attached hydrogen (secondary N) is 1. The van der Waals surface area contributed by atoms with E-state index in [4.69, 9.17) is 5.73 Å². The minimum Gasteiger partial charge on any atom is -0.356 e. The zero-order valence-corrected chi connectivity index (χ0v) is 11.3. The molecule has 0 aromatic heterocycles. The summed E-state index contributed by atoms with van der Waals surface area (Å²) in [7, 11) is 0. The van der Waals surface area contributed by atoms with Crippen LogP contribution >= 0.6 is 15.9 Å². The largest absolute Gasteiger partial charge is 0.356 e. The second-order valence-electron chi connectivity index (χ2n) is 4.26. The zero-order chi connectivity index (χ0) is 12.4. The Labute approximate surface area is 109 Å². The lowest BCUT2D eigenvalue weighted by Crippen LogP contribution is -2.61. The standard InChI is InChI=1S/C12H16BrN3O/c1-8-7-16(11(6-14)12(17)15-8)10-5-3-2-4-9(10)13/h2-5,8,11H,6-7,14H2,1H3,(H,15,17). The molecular weight excluding hydrogens is 282 g/mol. The van der Waals surface area contributed by atoms with Gasteiger partial charge in [0.1, 0.15) is 6.04 Å². The van der Waals surface area contributed by atoms with Gasteiger partial charge in [0.15, 0.2) is 0 Å². The molecule has 4 nitrogen and oxygen atoms in total. The van der Waals surface area contributed by atoms with E-state index in [0.29, 0.717) is 6.54 Å². The van der Waals surface area contributed by atoms with Gasteiger partial charge in [0.2, 0.25) is 5.91 Å². The average Bonchev–Trinajstić information content (AvgIpc) is 2.28. The molecule has 2 unspecified atom stereocenters. The van der Waals surface area contributed by atoms with Gasteiger partial charge in [-0.25, -0.2) is 0 Å². The van der Waals surface area contributed by atoms with Crippen molar-refractivity contribution in [1.29, 1.82) is 0 Å². The Morgan fingerprint density at radius 3 is 2.88 bits per heavy atom. The highest BCUT2D eigenvalue weighted by Gasteiger charge is 2.32. The van der Waals surface area contributed by atoms with Crippen LogP contribution in [0, 0.1) is 0 Å². The van der Waals surface area contributed by atoms with Gasteiger partial charge in [-0.1, -0.05) is 12.1 Å². The second kappa shape index (κ2) is 5.06. The number of benzene rings is 1. The van der Waals surface area contributed by atoms with Gasteiger partial charge in [0.05, 0.1) is 5.69 Å². The van der Waals surface area contributed by atoms with Crippen molar-refractivity contribution in [3.63, 3.8) is 0 Å². The Morgan fingerprint density at radius 2 is 2.24 bits per heavy atom. The fraction of sp³-hybridized carbons (Fsp3) is 0.417. The molecule has 0 spiro atoms. The minimum absolute atomic E-state index is 0.00185. The number of halogens is 1. The average molecular weight is 298 g/mol. The molecule has 1 aliphatic heterocycles. The highest BCUT2D eigenvalue weighted by Crippen LogP contribution is 2.28. The first-order valence-electron chi connectivity index (χ1n) is 5.65. The zero-order valence-electron chi connectivity index (χ0n) is 9.69. The van der Waals surface area contributed by atoms with Crippen molar-refractivity contribution < 1.29 is 4.79 Å². The number of hydrogen-bond donors (Lipinski definition) is 2. The predicted octanol–water partition coefficient (Wildman–Crippen LogP) is 1.10. The number of carbonyl (C=O) groups excluding carboxylic acids is 1. The van der Waals surface area contributed by atoms with E-state index in [2.05, 4.69) is 26.1 Å². The Hall–Kier alpha value is -1.07. The van der Waals surface area contributed by atoms with Crippen LogP contribution < -0.4 is 16.0 Å². The number of carbonyl (C=O) groups is 1. The maximum absolute atomic E-state index is 11.9. The third-order valence-electron chi connectivity index (χ3n) is 2.92. The Kier molecular flexibility index (Phi) is 3.69. The summed E-state index contributed by atoms with van der Waals surface area (Å²) in [5.41, 5.74) is 6.72. The van der Waals surface area contributed by atoms with Crippen LogP contribution in [0.15, 0.2) is 28.7 Å². The maximum atomic E-state index is 11.9. The lowest BCUT2D eigenvalue weighted by atomic mass is 10.1. The quantitative estimate of drug-likeness (QED) is 0.859. The highest BCUT2D eigenvalue weighted by molar-refractivity contribution is 9.10. The SMILES string of the molecule is CC1CN(c2ccccc2Br)C(CN)C(=O)N1. The molecule has 2 rings (SSSR count). The number of amides is 1. The van der Waals surface area contributed by atoms with Crippen LogP contribution in [0.2, 0.25) is 0 Å². The molecule has 0 radical (unpaired) electrons. The maximum Gasteiger partial charge on any atom is 0.244 e. The van der Waals surface area contributed by atoms with E-state index in [1.807, 2.05) is 31.2 Å². The number of rotatable bonds is 2. The molecule has 0 aliphatic carbocycles. The number of nitrogens with zero attached hydrogens (tertiary/aromatic N) is 1. The van der Waals surface area contributed by atoms with Crippen LogP contribution in [0.1, 0.15) is 6.92 Å². The second-order valence-corrected chi connectivity index (χ2v) is 5.12. The summed E-state index contributed by atoms with van der Waals surface area (Å²) >= 11 is 3.51. The topological polar surface area (TPSA) is 58.4 Å². The van der Waals surface area contributed by atoms with Gasteiger partial charge in [0.25, 0.3) is 0 Å². The van der Waals surface area contributed by atoms with E-state index in [9.17, 15) is 4.79 Å². The van der Waals surface area contributed by atoms with Crippen LogP contribution in [0.3, 0.4) is 0 Å². The van der Waals surface area contributed by atoms with Crippen molar-refractivity contribution in [2.75, 3.05) is 18.0 Å². The van der Waals surface area contributed by atoms with Gasteiger partial charge in [-0.05, 0) is 35.0 Å². The normalized spacial score (nSPS) is 24.6. The third-order valence-corrected chi connectivity index (χ3v) is 3.59. The van der Waals surface area contributed by atoms with Crippen LogP contribution in [-0.4, -0.2) is 31.1 Å². The summed E-state index contributed by atoms with van der Waals surface area (Å²) in [6.45, 7) is 3.09. The van der Waals surface area contributed by atoms with Gasteiger partial charge < -0.3 is 16.0 Å². The van der Waals surface area contributed by atoms with Crippen molar-refractivity contribution >= 4 is 27.5 Å². The van der Waals surface area contributed by atoms with Gasteiger partial charge >= 0.3 is 0 Å². The van der Waals surface area contributed by atoms with Gasteiger partial charge in [-0.2, -0.15) is 0 Å². The van der Waals surface area contributed by atoms with E-state index >= 15 is 0 Å². The van der Waals surface area contributed by atoms with Gasteiger partial charge in [0, 0.05) is 23.6 Å². The molecule has 0 saturated carbocycles. The lowest BCUT2D eigenvalue weighted by Gasteiger charge is -2.39. The Morgan fingerprint density at radius 1 is 1.53 bits per heavy atom. The molecule has 1 aliphatic rings. The minimum atomic E-state index is -0.287. The first kappa shape index (κ1) is 12.4. The monoisotopic (exact) mass is 297 g/mol. The van der Waals surface area contributed by atoms with Crippen LogP contribution in [0.5, 0.6) is 0 Å². The third kappa shape index (κ3) is 2.45. The molecule has 1 aromatic rings. The fourth-order valence-electron chi connectivity index (χ4n) is 2.13. The van der Waals surface area contributed by atoms with Crippen molar-refractivity contribution in [1.82, 2.24) is 5.32 Å². The summed E-state index contributed by atoms with van der Waals surface area (Å²) in [6, 6.07) is 7.74. The Bertz CT molecular complexity index is 424. The highest BCUT2D eigenvalue weighted by atomic mass is 79.9. The molecule has 2 atom stereocenters. The number of anilines is 1. The molecular formula is C12H16BrN3O. The van der Waals surface area contributed by atoms with Crippen molar-refractivity contribution in [2.24, 2.45) is 5.73 Å². The fourth-order valence-corrected chi connectivity index (χ4v) is 2.65. The van der Waals surface area contributed by atoms with E-state index in [0.717, 1.165) is 16.7 Å². The van der Waals surface area contributed by atoms with E-state index < -0.39 is 0 Å². The summed E-state index contributed by atoms with van der Waals surface area (Å²) in [4.78, 5) is 13.9. The molecule has 3 N–H and O–H groups in total. The molecule has 1 fully saturated rings. The van der Waals surface area contributed by atoms with Crippen molar-refractivity contribution in [3.05, 3.63) is 28.7 Å². The van der Waals surface area contributed by atoms with Gasteiger partial charge in [-0.15, -0.1) is 0 Å². The Balaban J connectivity index is 2.34. The molecule has 5 heteroatoms. The molecule has 0 bridgehead atoms. The van der Waals surface area contributed by atoms with Crippen molar-refractivity contribution in [3.8, 4) is 0 Å². The van der Waals surface area contributed by atoms with E-state index in [-0.39, 0.29) is 18.0 Å². The molecule has 92 valence electrons. The number of nitrogens with two attached hydrogens (primary N) is 1. The summed E-state index contributed by atoms with van der Waals surface area (Å²) in [5.74, 6) is 0.00185. The van der Waals surface area contributed by atoms with Crippen LogP contribution in [-0.2, 0) is 4.79 Å². The number of piperazine rings is 1. The smallest absolute Gasteiger partial charge is 0.244 e. The predicted molar refractivity (Wildman–Crippen MR) is 71.9 cm³/mol. The van der Waals surface area contributed by atoms with Crippen LogP contribution in [0.4, 0.5) is 5.69 Å². The van der Waals surface area contributed by atoms with E-state index in [1.165, 1.54) is 0 Å². The first-order chi connectivity index (χ1) is 8.13. The summed E-state index contributed by atoms with van der Waals surface area (Å²) < 4.78 is 0.986. The summed E-state index contributed by atoms with van der Waals surface area (Å²) in [5, 5.41) is 2.92. The molecule has 1 amide bonds. The first-order valence-corrected chi connectivity index (χ1v) is 6.44.